The van der Waals surface area contributed by atoms with Crippen LogP contribution >= 0.6 is 0 Å². The topological polar surface area (TPSA) is 294 Å². The number of hydrogen-bond acceptors (Lipinski definition) is 13. The summed E-state index contributed by atoms with van der Waals surface area (Å²) in [6, 6.07) is -4.08. The fourth-order valence-corrected chi connectivity index (χ4v) is 4.11. The number of aliphatic carboxylic acids is 3. The molecule has 8 N–H and O–H groups in total. The summed E-state index contributed by atoms with van der Waals surface area (Å²) in [4.78, 5) is 94.2. The Morgan fingerprint density at radius 2 is 0.923 bits per heavy atom. The Hall–Kier alpha value is -4.24. The molecular weight excluding hydrogens is 694 g/mol. The molecule has 0 rings (SSSR count). The van der Waals surface area contributed by atoms with E-state index in [4.69, 9.17) is 18.9 Å². The SMILES string of the molecule is CCC(=O)COCCOCCNC(=O)COCCOCCNC(=O)CC[C@H](NC(=O)CC[C@H](NC(=O)CC[C@H](NC(C)C)C(=O)O)C(=O)O)C(=O)O. The van der Waals surface area contributed by atoms with Crippen LogP contribution in [-0.2, 0) is 57.3 Å². The smallest absolute Gasteiger partial charge is 0.326 e. The van der Waals surface area contributed by atoms with E-state index in [1.807, 2.05) is 0 Å². The Kier molecular flexibility index (Phi) is 27.0. The molecule has 0 aliphatic carbocycles. The number of ketones is 1. The zero-order valence-corrected chi connectivity index (χ0v) is 30.1. The van der Waals surface area contributed by atoms with E-state index in [1.54, 1.807) is 20.8 Å². The van der Waals surface area contributed by atoms with Crippen LogP contribution in [0.25, 0.3) is 0 Å². The Morgan fingerprint density at radius 3 is 1.37 bits per heavy atom. The lowest BCUT2D eigenvalue weighted by molar-refractivity contribution is -0.143. The second kappa shape index (κ2) is 29.3. The third-order valence-corrected chi connectivity index (χ3v) is 6.85. The molecule has 52 heavy (non-hydrogen) atoms. The Labute approximate surface area is 302 Å². The van der Waals surface area contributed by atoms with Crippen molar-refractivity contribution in [3.8, 4) is 0 Å². The highest BCUT2D eigenvalue weighted by molar-refractivity contribution is 5.86. The maximum atomic E-state index is 12.4. The largest absolute Gasteiger partial charge is 0.480 e. The predicted octanol–water partition coefficient (Wildman–Crippen LogP) is -1.81. The lowest BCUT2D eigenvalue weighted by Gasteiger charge is -2.19. The van der Waals surface area contributed by atoms with Crippen LogP contribution in [0.1, 0.15) is 65.7 Å². The molecule has 0 aromatic heterocycles. The van der Waals surface area contributed by atoms with Gasteiger partial charge in [0.15, 0.2) is 5.78 Å². The predicted molar refractivity (Wildman–Crippen MR) is 181 cm³/mol. The molecule has 0 unspecified atom stereocenters. The number of nitrogens with one attached hydrogen (secondary N) is 5. The third kappa shape index (κ3) is 26.6. The van der Waals surface area contributed by atoms with E-state index in [0.717, 1.165) is 0 Å². The Balaban J connectivity index is 4.17. The van der Waals surface area contributed by atoms with E-state index in [9.17, 15) is 53.7 Å². The van der Waals surface area contributed by atoms with Crippen LogP contribution in [0.4, 0.5) is 0 Å². The first-order valence-corrected chi connectivity index (χ1v) is 17.0. The lowest BCUT2D eigenvalue weighted by atomic mass is 10.1. The standard InChI is InChI=1S/C32H55N5O15/c1-4-22(38)19-51-17-15-50-14-12-34-29(42)20-52-18-16-49-13-11-33-26(39)8-5-24(31(45)46)36-28(41)10-7-25(32(47)48)37-27(40)9-6-23(30(43)44)35-21(2)3/h21,23-25,35H,4-20H2,1-3H3,(H,33,39)(H,34,42)(H,36,41)(H,37,40)(H,43,44)(H,45,46)(H,47,48)/t23-,24-,25-/m0/s1. The normalized spacial score (nSPS) is 12.7. The van der Waals surface area contributed by atoms with Crippen molar-refractivity contribution in [1.29, 1.82) is 0 Å². The molecule has 0 aliphatic heterocycles. The van der Waals surface area contributed by atoms with Crippen LogP contribution in [0.3, 0.4) is 0 Å². The van der Waals surface area contributed by atoms with Crippen molar-refractivity contribution >= 4 is 47.3 Å². The molecule has 0 fully saturated rings. The van der Waals surface area contributed by atoms with Crippen LogP contribution in [0, 0.1) is 0 Å². The number of carbonyl (C=O) groups is 8. The van der Waals surface area contributed by atoms with Crippen molar-refractivity contribution in [3.63, 3.8) is 0 Å². The Bertz CT molecular complexity index is 1140. The molecule has 4 amide bonds. The van der Waals surface area contributed by atoms with Gasteiger partial charge >= 0.3 is 17.9 Å². The zero-order chi connectivity index (χ0) is 39.3. The van der Waals surface area contributed by atoms with Crippen LogP contribution in [0.15, 0.2) is 0 Å². The average Bonchev–Trinajstić information content (AvgIpc) is 3.08. The van der Waals surface area contributed by atoms with Crippen molar-refractivity contribution in [2.24, 2.45) is 0 Å². The average molecular weight is 750 g/mol. The summed E-state index contributed by atoms with van der Waals surface area (Å²) in [5.74, 6) is -6.35. The molecule has 0 heterocycles. The van der Waals surface area contributed by atoms with E-state index in [-0.39, 0.29) is 109 Å². The number of carboxylic acids is 3. The van der Waals surface area contributed by atoms with Gasteiger partial charge in [0.05, 0.1) is 39.6 Å². The van der Waals surface area contributed by atoms with Gasteiger partial charge in [-0.25, -0.2) is 9.59 Å². The molecule has 0 saturated carbocycles. The summed E-state index contributed by atoms with van der Waals surface area (Å²) >= 11 is 0. The highest BCUT2D eigenvalue weighted by Crippen LogP contribution is 2.05. The van der Waals surface area contributed by atoms with Gasteiger partial charge in [-0.15, -0.1) is 0 Å². The first kappa shape index (κ1) is 47.8. The highest BCUT2D eigenvalue weighted by atomic mass is 16.5. The minimum Gasteiger partial charge on any atom is -0.480 e. The van der Waals surface area contributed by atoms with Gasteiger partial charge in [0, 0.05) is 44.8 Å². The molecule has 0 aliphatic rings. The molecular formula is C32H55N5O15. The number of carboxylic acid groups (broad SMARTS) is 3. The van der Waals surface area contributed by atoms with Gasteiger partial charge in [0.1, 0.15) is 31.3 Å². The van der Waals surface area contributed by atoms with Crippen LogP contribution in [0.5, 0.6) is 0 Å². The van der Waals surface area contributed by atoms with E-state index >= 15 is 0 Å². The summed E-state index contributed by atoms with van der Waals surface area (Å²) < 4.78 is 20.9. The number of carbonyl (C=O) groups excluding carboxylic acids is 5. The second-order valence-corrected chi connectivity index (χ2v) is 11.7. The highest BCUT2D eigenvalue weighted by Gasteiger charge is 2.25. The quantitative estimate of drug-likeness (QED) is 0.0343. The van der Waals surface area contributed by atoms with Gasteiger partial charge in [0.25, 0.3) is 0 Å². The molecule has 20 nitrogen and oxygen atoms in total. The van der Waals surface area contributed by atoms with E-state index in [2.05, 4.69) is 26.6 Å². The first-order valence-electron chi connectivity index (χ1n) is 17.0. The Morgan fingerprint density at radius 1 is 0.519 bits per heavy atom. The maximum Gasteiger partial charge on any atom is 0.326 e. The van der Waals surface area contributed by atoms with E-state index < -0.39 is 60.2 Å². The fraction of sp³-hybridized carbons (Fsp3) is 0.750. The van der Waals surface area contributed by atoms with E-state index in [0.29, 0.717) is 13.0 Å². The summed E-state index contributed by atoms with van der Waals surface area (Å²) in [5, 5.41) is 40.6. The number of Topliss-reactive ketones (excluding diaryl/α,β-unsaturated/α-hetero) is 1. The summed E-state index contributed by atoms with van der Waals surface area (Å²) in [5.41, 5.74) is 0. The molecule has 0 aromatic rings. The van der Waals surface area contributed by atoms with Crippen LogP contribution in [0.2, 0.25) is 0 Å². The van der Waals surface area contributed by atoms with Crippen molar-refractivity contribution in [2.75, 3.05) is 65.9 Å². The maximum absolute atomic E-state index is 12.4. The van der Waals surface area contributed by atoms with Crippen molar-refractivity contribution < 1.29 is 72.6 Å². The number of ether oxygens (including phenoxy) is 4. The van der Waals surface area contributed by atoms with Gasteiger partial charge in [-0.3, -0.25) is 28.8 Å². The van der Waals surface area contributed by atoms with Crippen LogP contribution < -0.4 is 26.6 Å². The summed E-state index contributed by atoms with van der Waals surface area (Å²) in [6.45, 7) is 6.70. The number of rotatable bonds is 33. The van der Waals surface area contributed by atoms with Gasteiger partial charge in [-0.1, -0.05) is 20.8 Å². The van der Waals surface area contributed by atoms with Gasteiger partial charge in [-0.2, -0.15) is 0 Å². The molecule has 3 atom stereocenters. The van der Waals surface area contributed by atoms with Gasteiger partial charge in [0.2, 0.25) is 23.6 Å². The molecule has 0 saturated heterocycles. The molecule has 0 spiro atoms. The minimum absolute atomic E-state index is 0.00976. The lowest BCUT2D eigenvalue weighted by Crippen LogP contribution is -2.45. The zero-order valence-electron chi connectivity index (χ0n) is 30.1. The molecule has 0 bridgehead atoms. The van der Waals surface area contributed by atoms with E-state index in [1.165, 1.54) is 0 Å². The molecule has 0 radical (unpaired) electrons. The van der Waals surface area contributed by atoms with Crippen molar-refractivity contribution in [2.45, 2.75) is 89.9 Å². The summed E-state index contributed by atoms with van der Waals surface area (Å²) in [6.07, 6.45) is -1.25. The number of amides is 4. The first-order chi connectivity index (χ1) is 24.7. The van der Waals surface area contributed by atoms with Crippen molar-refractivity contribution in [1.82, 2.24) is 26.6 Å². The molecule has 0 aromatic carbocycles. The fourth-order valence-electron chi connectivity index (χ4n) is 4.11. The minimum atomic E-state index is -1.47. The monoisotopic (exact) mass is 749 g/mol. The summed E-state index contributed by atoms with van der Waals surface area (Å²) in [7, 11) is 0. The van der Waals surface area contributed by atoms with Crippen LogP contribution in [-0.4, -0.2) is 153 Å². The molecule has 20 heteroatoms. The van der Waals surface area contributed by atoms with Crippen molar-refractivity contribution in [3.05, 3.63) is 0 Å². The number of hydrogen-bond donors (Lipinski definition) is 8. The van der Waals surface area contributed by atoms with Gasteiger partial charge < -0.3 is 60.9 Å². The second-order valence-electron chi connectivity index (χ2n) is 11.7. The molecule has 298 valence electrons. The third-order valence-electron chi connectivity index (χ3n) is 6.85. The van der Waals surface area contributed by atoms with Gasteiger partial charge in [-0.05, 0) is 19.3 Å².